The lowest BCUT2D eigenvalue weighted by Gasteiger charge is -2.19. The van der Waals surface area contributed by atoms with Crippen molar-refractivity contribution in [3.8, 4) is 0 Å². The number of aromatic nitrogens is 1. The predicted molar refractivity (Wildman–Crippen MR) is 123 cm³/mol. The van der Waals surface area contributed by atoms with Gasteiger partial charge >= 0.3 is 0 Å². The highest BCUT2D eigenvalue weighted by atomic mass is 16.2. The number of anilines is 1. The van der Waals surface area contributed by atoms with Gasteiger partial charge in [-0.3, -0.25) is 9.59 Å². The van der Waals surface area contributed by atoms with Crippen LogP contribution in [0.1, 0.15) is 6.42 Å². The quantitative estimate of drug-likeness (QED) is 0.380. The van der Waals surface area contributed by atoms with Crippen LogP contribution < -0.4 is 15.6 Å². The molecule has 0 saturated carbocycles. The summed E-state index contributed by atoms with van der Waals surface area (Å²) >= 11 is 0. The Balaban J connectivity index is 1.45. The Morgan fingerprint density at radius 3 is 2.07 bits per heavy atom. The van der Waals surface area contributed by atoms with Crippen molar-refractivity contribution in [2.75, 3.05) is 25.0 Å². The topological polar surface area (TPSA) is 54.3 Å². The highest BCUT2D eigenvalue weighted by molar-refractivity contribution is 5.94. The van der Waals surface area contributed by atoms with Gasteiger partial charge in [0.2, 0.25) is 5.91 Å². The number of hydrogen-bond acceptors (Lipinski definition) is 3. The van der Waals surface area contributed by atoms with E-state index in [1.807, 2.05) is 71.3 Å². The first kappa shape index (κ1) is 19.7. The summed E-state index contributed by atoms with van der Waals surface area (Å²) in [6.45, 7) is 1.63. The van der Waals surface area contributed by atoms with Crippen molar-refractivity contribution in [3.05, 3.63) is 89.1 Å². The molecule has 5 heteroatoms. The molecule has 0 atom stereocenters. The molecule has 152 valence electrons. The van der Waals surface area contributed by atoms with Crippen LogP contribution in [0.15, 0.2) is 83.7 Å². The number of hydrogen-bond donors (Lipinski definition) is 1. The highest BCUT2D eigenvalue weighted by Crippen LogP contribution is 2.19. The van der Waals surface area contributed by atoms with E-state index in [2.05, 4.69) is 29.4 Å². The van der Waals surface area contributed by atoms with Crippen molar-refractivity contribution >= 4 is 33.4 Å². The van der Waals surface area contributed by atoms with Crippen molar-refractivity contribution in [1.82, 2.24) is 9.88 Å². The summed E-state index contributed by atoms with van der Waals surface area (Å²) in [5.74, 6) is -0.0590. The number of carbonyl (C=O) groups is 1. The molecule has 5 nitrogen and oxygen atoms in total. The molecule has 1 heterocycles. The molecule has 0 fully saturated rings. The molecule has 0 radical (unpaired) electrons. The zero-order valence-electron chi connectivity index (χ0n) is 17.0. The summed E-state index contributed by atoms with van der Waals surface area (Å²) in [7, 11) is 2.05. The molecule has 4 aromatic rings. The van der Waals surface area contributed by atoms with Gasteiger partial charge in [-0.25, -0.2) is 0 Å². The number of nitrogens with zero attached hydrogens (tertiary/aromatic N) is 2. The number of benzene rings is 3. The minimum atomic E-state index is -0.0590. The minimum Gasteiger partial charge on any atom is -0.375 e. The molecular weight excluding hydrogens is 374 g/mol. The predicted octanol–water partition coefficient (Wildman–Crippen LogP) is 3.80. The third-order valence-electron chi connectivity index (χ3n) is 5.37. The Morgan fingerprint density at radius 2 is 1.43 bits per heavy atom. The second-order valence-electron chi connectivity index (χ2n) is 7.41. The van der Waals surface area contributed by atoms with Gasteiger partial charge in [-0.05, 0) is 42.8 Å². The van der Waals surface area contributed by atoms with E-state index in [1.54, 1.807) is 0 Å². The number of rotatable bonds is 7. The van der Waals surface area contributed by atoms with Crippen LogP contribution in [0.3, 0.4) is 0 Å². The first-order chi connectivity index (χ1) is 14.6. The van der Waals surface area contributed by atoms with Crippen molar-refractivity contribution in [2.45, 2.75) is 13.0 Å². The van der Waals surface area contributed by atoms with E-state index >= 15 is 0 Å². The summed E-state index contributed by atoms with van der Waals surface area (Å²) in [6.07, 6.45) is 0.850. The number of pyridine rings is 1. The Morgan fingerprint density at radius 1 is 0.867 bits per heavy atom. The normalized spacial score (nSPS) is 11.0. The zero-order chi connectivity index (χ0) is 20.9. The number of amides is 1. The molecule has 0 bridgehead atoms. The van der Waals surface area contributed by atoms with E-state index < -0.39 is 0 Å². The van der Waals surface area contributed by atoms with E-state index in [9.17, 15) is 9.59 Å². The second kappa shape index (κ2) is 8.82. The maximum absolute atomic E-state index is 12.8. The first-order valence-corrected chi connectivity index (χ1v) is 10.2. The number of para-hydroxylation sites is 3. The fourth-order valence-electron chi connectivity index (χ4n) is 3.80. The summed E-state index contributed by atoms with van der Waals surface area (Å²) < 4.78 is 1.93. The summed E-state index contributed by atoms with van der Waals surface area (Å²) in [5.41, 5.74) is 2.72. The summed E-state index contributed by atoms with van der Waals surface area (Å²) in [6, 6.07) is 25.1. The van der Waals surface area contributed by atoms with Crippen molar-refractivity contribution < 1.29 is 4.79 Å². The molecule has 1 amide bonds. The van der Waals surface area contributed by atoms with Crippen LogP contribution in [-0.2, 0) is 11.3 Å². The SMILES string of the molecule is CN(CCCNC(=O)Cn1c2ccccc2c(=O)c2ccccc21)c1ccccc1. The van der Waals surface area contributed by atoms with Crippen molar-refractivity contribution in [2.24, 2.45) is 0 Å². The number of nitrogens with one attached hydrogen (secondary N) is 1. The molecule has 1 aromatic heterocycles. The van der Waals surface area contributed by atoms with E-state index in [1.165, 1.54) is 0 Å². The maximum Gasteiger partial charge on any atom is 0.239 e. The molecule has 0 spiro atoms. The molecule has 0 aliphatic heterocycles. The lowest BCUT2D eigenvalue weighted by Crippen LogP contribution is -2.31. The molecular formula is C25H25N3O2. The van der Waals surface area contributed by atoms with Gasteiger partial charge in [0.1, 0.15) is 6.54 Å². The second-order valence-corrected chi connectivity index (χ2v) is 7.41. The van der Waals surface area contributed by atoms with Crippen LogP contribution in [0.25, 0.3) is 21.8 Å². The zero-order valence-corrected chi connectivity index (χ0v) is 17.0. The van der Waals surface area contributed by atoms with Crippen LogP contribution in [0.4, 0.5) is 5.69 Å². The first-order valence-electron chi connectivity index (χ1n) is 10.2. The standard InChI is InChI=1S/C25H25N3O2/c1-27(19-10-3-2-4-11-19)17-9-16-26-24(29)18-28-22-14-7-5-12-20(22)25(30)21-13-6-8-15-23(21)28/h2-8,10-15H,9,16-18H2,1H3,(H,26,29). The minimum absolute atomic E-state index is 0.00167. The summed E-state index contributed by atoms with van der Waals surface area (Å²) in [5, 5.41) is 4.28. The van der Waals surface area contributed by atoms with E-state index in [0.717, 1.165) is 29.7 Å². The third kappa shape index (κ3) is 4.06. The molecule has 0 unspecified atom stereocenters. The van der Waals surface area contributed by atoms with Crippen molar-refractivity contribution in [1.29, 1.82) is 0 Å². The molecule has 3 aromatic carbocycles. The van der Waals surface area contributed by atoms with Gasteiger partial charge in [0.15, 0.2) is 5.43 Å². The van der Waals surface area contributed by atoms with Crippen LogP contribution in [0.2, 0.25) is 0 Å². The van der Waals surface area contributed by atoms with E-state index in [0.29, 0.717) is 17.3 Å². The van der Waals surface area contributed by atoms with Crippen LogP contribution >= 0.6 is 0 Å². The van der Waals surface area contributed by atoms with Gasteiger partial charge in [0.25, 0.3) is 0 Å². The van der Waals surface area contributed by atoms with Crippen LogP contribution in [0.5, 0.6) is 0 Å². The molecule has 30 heavy (non-hydrogen) atoms. The number of carbonyl (C=O) groups excluding carboxylic acids is 1. The Kier molecular flexibility index (Phi) is 5.80. The van der Waals surface area contributed by atoms with Gasteiger partial charge in [-0.2, -0.15) is 0 Å². The smallest absolute Gasteiger partial charge is 0.239 e. The van der Waals surface area contributed by atoms with Gasteiger partial charge in [-0.15, -0.1) is 0 Å². The van der Waals surface area contributed by atoms with Gasteiger partial charge in [0, 0.05) is 36.6 Å². The van der Waals surface area contributed by atoms with Gasteiger partial charge in [0.05, 0.1) is 11.0 Å². The molecule has 0 aliphatic carbocycles. The Hall–Kier alpha value is -3.60. The third-order valence-corrected chi connectivity index (χ3v) is 5.37. The Labute approximate surface area is 175 Å². The molecule has 0 aliphatic rings. The average molecular weight is 399 g/mol. The summed E-state index contributed by atoms with van der Waals surface area (Å²) in [4.78, 5) is 27.7. The molecule has 0 saturated heterocycles. The molecule has 1 N–H and O–H groups in total. The van der Waals surface area contributed by atoms with Gasteiger partial charge < -0.3 is 14.8 Å². The maximum atomic E-state index is 12.8. The van der Waals surface area contributed by atoms with E-state index in [-0.39, 0.29) is 17.9 Å². The van der Waals surface area contributed by atoms with Gasteiger partial charge in [-0.1, -0.05) is 42.5 Å². The lowest BCUT2D eigenvalue weighted by molar-refractivity contribution is -0.121. The van der Waals surface area contributed by atoms with Crippen LogP contribution in [-0.4, -0.2) is 30.6 Å². The van der Waals surface area contributed by atoms with E-state index in [4.69, 9.17) is 0 Å². The Bertz CT molecular complexity index is 1170. The fraction of sp³-hybridized carbons (Fsp3) is 0.200. The average Bonchev–Trinajstić information content (AvgIpc) is 2.80. The molecule has 4 rings (SSSR count). The van der Waals surface area contributed by atoms with Crippen LogP contribution in [0, 0.1) is 0 Å². The monoisotopic (exact) mass is 399 g/mol. The van der Waals surface area contributed by atoms with Crippen molar-refractivity contribution in [3.63, 3.8) is 0 Å². The number of fused-ring (bicyclic) bond motifs is 2. The fourth-order valence-corrected chi connectivity index (χ4v) is 3.80. The lowest BCUT2D eigenvalue weighted by atomic mass is 10.1. The largest absolute Gasteiger partial charge is 0.375 e. The highest BCUT2D eigenvalue weighted by Gasteiger charge is 2.12.